The molecule has 0 aliphatic carbocycles. The Balaban J connectivity index is 2.02. The molecule has 0 atom stereocenters. The molecule has 0 unspecified atom stereocenters. The van der Waals surface area contributed by atoms with Gasteiger partial charge in [-0.25, -0.2) is 0 Å². The second-order valence-corrected chi connectivity index (χ2v) is 5.67. The van der Waals surface area contributed by atoms with Gasteiger partial charge in [0.2, 0.25) is 5.75 Å². The highest BCUT2D eigenvalue weighted by Gasteiger charge is 2.12. The van der Waals surface area contributed by atoms with Gasteiger partial charge in [-0.3, -0.25) is 4.79 Å². The summed E-state index contributed by atoms with van der Waals surface area (Å²) in [4.78, 5) is 12.3. The number of hydrogen-bond acceptors (Lipinski definition) is 6. The van der Waals surface area contributed by atoms with Crippen molar-refractivity contribution < 1.29 is 23.4 Å². The van der Waals surface area contributed by atoms with E-state index in [4.69, 9.17) is 23.4 Å². The molecule has 0 amide bonds. The van der Waals surface area contributed by atoms with Crippen LogP contribution >= 0.6 is 0 Å². The lowest BCUT2D eigenvalue weighted by Gasteiger charge is -2.12. The van der Waals surface area contributed by atoms with E-state index in [1.807, 2.05) is 0 Å². The summed E-state index contributed by atoms with van der Waals surface area (Å²) in [7, 11) is 6.22. The molecule has 0 aliphatic heterocycles. The van der Waals surface area contributed by atoms with Gasteiger partial charge < -0.3 is 23.4 Å². The molecule has 0 saturated heterocycles. The summed E-state index contributed by atoms with van der Waals surface area (Å²) < 4.78 is 27.0. The highest BCUT2D eigenvalue weighted by molar-refractivity contribution is 5.80. The maximum atomic E-state index is 12.3. The van der Waals surface area contributed by atoms with E-state index in [1.54, 1.807) is 70.9 Å². The van der Waals surface area contributed by atoms with E-state index in [2.05, 4.69) is 0 Å². The third-order valence-corrected chi connectivity index (χ3v) is 4.08. The summed E-state index contributed by atoms with van der Waals surface area (Å²) in [5.74, 6) is 2.65. The van der Waals surface area contributed by atoms with Crippen molar-refractivity contribution in [2.45, 2.75) is 0 Å². The molecule has 1 heterocycles. The number of rotatable bonds is 6. The maximum Gasteiger partial charge on any atom is 0.203 e. The second kappa shape index (κ2) is 7.86. The summed E-state index contributed by atoms with van der Waals surface area (Å²) in [5, 5.41) is 0.501. The third kappa shape index (κ3) is 3.74. The first-order valence-corrected chi connectivity index (χ1v) is 8.19. The van der Waals surface area contributed by atoms with Crippen molar-refractivity contribution in [2.24, 2.45) is 0 Å². The van der Waals surface area contributed by atoms with E-state index in [0.29, 0.717) is 39.7 Å². The van der Waals surface area contributed by atoms with Crippen LogP contribution in [0.15, 0.2) is 45.6 Å². The molecule has 27 heavy (non-hydrogen) atoms. The zero-order chi connectivity index (χ0) is 19.4. The Hall–Kier alpha value is -3.41. The van der Waals surface area contributed by atoms with E-state index in [9.17, 15) is 4.79 Å². The Morgan fingerprint density at radius 3 is 2.11 bits per heavy atom. The van der Waals surface area contributed by atoms with E-state index >= 15 is 0 Å². The molecule has 1 aromatic heterocycles. The van der Waals surface area contributed by atoms with Crippen LogP contribution in [0.4, 0.5) is 0 Å². The van der Waals surface area contributed by atoms with Crippen molar-refractivity contribution in [2.75, 3.05) is 28.4 Å². The number of hydrogen-bond donors (Lipinski definition) is 0. The van der Waals surface area contributed by atoms with Gasteiger partial charge in [0.25, 0.3) is 0 Å². The van der Waals surface area contributed by atoms with Crippen molar-refractivity contribution in [3.05, 3.63) is 57.9 Å². The molecule has 140 valence electrons. The standard InChI is InChI=1S/C21H20O6/c1-23-14-7-8-16-17(22)11-15(27-18(16)12-14)6-5-13-9-19(24-2)21(26-4)20(10-13)25-3/h5-12H,1-4H3/b6-5+. The van der Waals surface area contributed by atoms with Gasteiger partial charge in [0.05, 0.1) is 33.8 Å². The van der Waals surface area contributed by atoms with Gasteiger partial charge in [0.1, 0.15) is 17.1 Å². The molecule has 6 heteroatoms. The van der Waals surface area contributed by atoms with E-state index in [0.717, 1.165) is 5.56 Å². The molecule has 0 bridgehead atoms. The molecule has 3 aromatic rings. The first kappa shape index (κ1) is 18.4. The van der Waals surface area contributed by atoms with Crippen LogP contribution in [-0.2, 0) is 0 Å². The topological polar surface area (TPSA) is 67.1 Å². The Morgan fingerprint density at radius 2 is 1.52 bits per heavy atom. The highest BCUT2D eigenvalue weighted by Crippen LogP contribution is 2.38. The van der Waals surface area contributed by atoms with Crippen LogP contribution in [0.5, 0.6) is 23.0 Å². The zero-order valence-electron chi connectivity index (χ0n) is 15.6. The lowest BCUT2D eigenvalue weighted by Crippen LogP contribution is -2.00. The van der Waals surface area contributed by atoms with Gasteiger partial charge in [-0.15, -0.1) is 0 Å². The smallest absolute Gasteiger partial charge is 0.203 e. The van der Waals surface area contributed by atoms with Crippen molar-refractivity contribution in [1.29, 1.82) is 0 Å². The fraction of sp³-hybridized carbons (Fsp3) is 0.190. The Labute approximate surface area is 156 Å². The van der Waals surface area contributed by atoms with Crippen LogP contribution in [0.2, 0.25) is 0 Å². The number of fused-ring (bicyclic) bond motifs is 1. The molecule has 0 fully saturated rings. The minimum Gasteiger partial charge on any atom is -0.497 e. The van der Waals surface area contributed by atoms with Gasteiger partial charge in [0.15, 0.2) is 16.9 Å². The molecule has 3 rings (SSSR count). The summed E-state index contributed by atoms with van der Waals surface area (Å²) in [5.41, 5.74) is 1.15. The number of methoxy groups -OCH3 is 4. The zero-order valence-corrected chi connectivity index (χ0v) is 15.6. The van der Waals surface area contributed by atoms with Gasteiger partial charge in [-0.05, 0) is 35.9 Å². The van der Waals surface area contributed by atoms with Crippen molar-refractivity contribution >= 4 is 23.1 Å². The molecular weight excluding hydrogens is 348 g/mol. The Kier molecular flexibility index (Phi) is 5.35. The first-order chi connectivity index (χ1) is 13.1. The van der Waals surface area contributed by atoms with Gasteiger partial charge in [-0.2, -0.15) is 0 Å². The molecule has 2 aromatic carbocycles. The lowest BCUT2D eigenvalue weighted by molar-refractivity contribution is 0.324. The Bertz CT molecular complexity index is 1020. The van der Waals surface area contributed by atoms with Crippen LogP contribution in [0.1, 0.15) is 11.3 Å². The average molecular weight is 368 g/mol. The van der Waals surface area contributed by atoms with Crippen LogP contribution in [0.25, 0.3) is 23.1 Å². The Morgan fingerprint density at radius 1 is 0.815 bits per heavy atom. The summed E-state index contributed by atoms with van der Waals surface area (Å²) in [6.07, 6.45) is 3.51. The normalized spacial score (nSPS) is 11.0. The van der Waals surface area contributed by atoms with Gasteiger partial charge in [-0.1, -0.05) is 6.08 Å². The van der Waals surface area contributed by atoms with Crippen LogP contribution < -0.4 is 24.4 Å². The summed E-state index contributed by atoms with van der Waals surface area (Å²) in [6.45, 7) is 0. The monoisotopic (exact) mass is 368 g/mol. The molecule has 0 N–H and O–H groups in total. The van der Waals surface area contributed by atoms with Gasteiger partial charge >= 0.3 is 0 Å². The summed E-state index contributed by atoms with van der Waals surface area (Å²) >= 11 is 0. The number of ether oxygens (including phenoxy) is 4. The number of benzene rings is 2. The van der Waals surface area contributed by atoms with E-state index in [1.165, 1.54) is 6.07 Å². The summed E-state index contributed by atoms with van der Waals surface area (Å²) in [6, 6.07) is 10.2. The quantitative estimate of drug-likeness (QED) is 0.655. The molecular formula is C21H20O6. The molecule has 0 spiro atoms. The molecule has 6 nitrogen and oxygen atoms in total. The molecule has 0 saturated carbocycles. The van der Waals surface area contributed by atoms with Crippen LogP contribution in [0, 0.1) is 0 Å². The average Bonchev–Trinajstić information content (AvgIpc) is 2.70. The largest absolute Gasteiger partial charge is 0.497 e. The SMILES string of the molecule is COc1ccc2c(=O)cc(/C=C/c3cc(OC)c(OC)c(OC)c3)oc2c1. The maximum absolute atomic E-state index is 12.3. The highest BCUT2D eigenvalue weighted by atomic mass is 16.5. The molecule has 0 radical (unpaired) electrons. The first-order valence-electron chi connectivity index (χ1n) is 8.19. The predicted molar refractivity (Wildman–Crippen MR) is 104 cm³/mol. The van der Waals surface area contributed by atoms with E-state index in [-0.39, 0.29) is 5.43 Å². The van der Waals surface area contributed by atoms with Gasteiger partial charge in [0, 0.05) is 12.1 Å². The van der Waals surface area contributed by atoms with Crippen molar-refractivity contribution in [3.63, 3.8) is 0 Å². The fourth-order valence-corrected chi connectivity index (χ4v) is 2.74. The predicted octanol–water partition coefficient (Wildman–Crippen LogP) is 4.00. The lowest BCUT2D eigenvalue weighted by atomic mass is 10.1. The van der Waals surface area contributed by atoms with E-state index < -0.39 is 0 Å². The second-order valence-electron chi connectivity index (χ2n) is 5.67. The van der Waals surface area contributed by atoms with Crippen LogP contribution in [-0.4, -0.2) is 28.4 Å². The molecule has 0 aliphatic rings. The minimum atomic E-state index is -0.122. The third-order valence-electron chi connectivity index (χ3n) is 4.08. The van der Waals surface area contributed by atoms with Crippen molar-refractivity contribution in [3.8, 4) is 23.0 Å². The van der Waals surface area contributed by atoms with Crippen molar-refractivity contribution in [1.82, 2.24) is 0 Å². The minimum absolute atomic E-state index is 0.122. The van der Waals surface area contributed by atoms with Crippen LogP contribution in [0.3, 0.4) is 0 Å². The fourth-order valence-electron chi connectivity index (χ4n) is 2.74.